The molecular weight excluding hydrogens is 511 g/mol. The summed E-state index contributed by atoms with van der Waals surface area (Å²) in [5, 5.41) is 10.1. The van der Waals surface area contributed by atoms with E-state index in [-0.39, 0.29) is 29.9 Å². The topological polar surface area (TPSA) is 95.2 Å². The Kier molecular flexibility index (Phi) is 10.6. The van der Waals surface area contributed by atoms with Crippen molar-refractivity contribution < 1.29 is 14.1 Å². The molecule has 0 aliphatic carbocycles. The van der Waals surface area contributed by atoms with Crippen molar-refractivity contribution in [3.05, 3.63) is 42.3 Å². The number of halogens is 1. The minimum absolute atomic E-state index is 0. The van der Waals surface area contributed by atoms with E-state index >= 15 is 0 Å². The fraction of sp³-hybridized carbons (Fsp3) is 0.476. The molecule has 31 heavy (non-hydrogen) atoms. The van der Waals surface area contributed by atoms with Crippen LogP contribution in [0.1, 0.15) is 19.5 Å². The molecule has 3 rings (SSSR count). The minimum atomic E-state index is -0.104. The summed E-state index contributed by atoms with van der Waals surface area (Å²) in [4.78, 5) is 20.5. The average molecular weight is 542 g/mol. The number of carbonyl (C=O) groups is 1. The van der Waals surface area contributed by atoms with E-state index in [1.807, 2.05) is 30.3 Å². The number of amides is 1. The first kappa shape index (κ1) is 24.9. The maximum absolute atomic E-state index is 11.2. The molecule has 1 aliphatic rings. The monoisotopic (exact) mass is 542 g/mol. The van der Waals surface area contributed by atoms with Crippen molar-refractivity contribution in [2.75, 3.05) is 51.2 Å². The molecule has 170 valence electrons. The van der Waals surface area contributed by atoms with Gasteiger partial charge in [0.25, 0.3) is 0 Å². The Hall–Kier alpha value is -2.34. The molecule has 10 heteroatoms. The maximum Gasteiger partial charge on any atom is 0.221 e. The van der Waals surface area contributed by atoms with Gasteiger partial charge in [-0.15, -0.1) is 24.0 Å². The number of rotatable bonds is 8. The number of ether oxygens (including phenoxy) is 1. The van der Waals surface area contributed by atoms with Gasteiger partial charge in [0, 0.05) is 64.0 Å². The van der Waals surface area contributed by atoms with Crippen LogP contribution in [0.3, 0.4) is 0 Å². The first-order valence-electron chi connectivity index (χ1n) is 10.3. The molecule has 1 aromatic carbocycles. The lowest BCUT2D eigenvalue weighted by Gasteiger charge is -2.36. The zero-order valence-electron chi connectivity index (χ0n) is 18.0. The van der Waals surface area contributed by atoms with Gasteiger partial charge < -0.3 is 24.8 Å². The van der Waals surface area contributed by atoms with Crippen LogP contribution < -0.4 is 15.4 Å². The predicted octanol–water partition coefficient (Wildman–Crippen LogP) is 2.41. The molecule has 1 saturated heterocycles. The summed E-state index contributed by atoms with van der Waals surface area (Å²) < 4.78 is 10.7. The molecule has 2 N–H and O–H groups in total. The van der Waals surface area contributed by atoms with Crippen LogP contribution in [0.15, 0.2) is 46.1 Å². The van der Waals surface area contributed by atoms with Crippen molar-refractivity contribution in [1.29, 1.82) is 0 Å². The van der Waals surface area contributed by atoms with Gasteiger partial charge in [0.05, 0.1) is 12.2 Å². The van der Waals surface area contributed by atoms with E-state index in [0.29, 0.717) is 18.9 Å². The zero-order chi connectivity index (χ0) is 21.2. The van der Waals surface area contributed by atoms with Crippen molar-refractivity contribution in [2.45, 2.75) is 20.4 Å². The Morgan fingerprint density at radius 2 is 2.06 bits per heavy atom. The first-order chi connectivity index (χ1) is 14.6. The SMILES string of the molecule is CCNC(=NCCOc1cccc(NC(C)=O)c1)N1CCN(Cc2ccon2)CC1.I. The van der Waals surface area contributed by atoms with E-state index in [9.17, 15) is 4.79 Å². The van der Waals surface area contributed by atoms with Crippen LogP contribution in [0.5, 0.6) is 5.75 Å². The van der Waals surface area contributed by atoms with Gasteiger partial charge in [0.2, 0.25) is 5.91 Å². The number of benzene rings is 1. The number of aliphatic imine (C=N–C) groups is 1. The second-order valence-corrected chi connectivity index (χ2v) is 7.05. The molecule has 0 atom stereocenters. The molecule has 1 aromatic heterocycles. The Morgan fingerprint density at radius 1 is 1.26 bits per heavy atom. The third-order valence-corrected chi connectivity index (χ3v) is 4.66. The summed E-state index contributed by atoms with van der Waals surface area (Å²) in [7, 11) is 0. The van der Waals surface area contributed by atoms with Crippen LogP contribution in [0.2, 0.25) is 0 Å². The van der Waals surface area contributed by atoms with E-state index in [1.165, 1.54) is 6.92 Å². The Morgan fingerprint density at radius 3 is 2.74 bits per heavy atom. The lowest BCUT2D eigenvalue weighted by atomic mass is 10.3. The number of piperazine rings is 1. The molecule has 2 heterocycles. The number of carbonyl (C=O) groups excluding carboxylic acids is 1. The molecule has 0 saturated carbocycles. The largest absolute Gasteiger partial charge is 0.492 e. The Labute approximate surface area is 200 Å². The Balaban J connectivity index is 0.00000341. The quantitative estimate of drug-likeness (QED) is 0.229. The third-order valence-electron chi connectivity index (χ3n) is 4.66. The van der Waals surface area contributed by atoms with Gasteiger partial charge in [0.15, 0.2) is 5.96 Å². The smallest absolute Gasteiger partial charge is 0.221 e. The van der Waals surface area contributed by atoms with Gasteiger partial charge in [-0.25, -0.2) is 4.99 Å². The van der Waals surface area contributed by atoms with Crippen molar-refractivity contribution in [3.63, 3.8) is 0 Å². The van der Waals surface area contributed by atoms with Crippen LogP contribution >= 0.6 is 24.0 Å². The minimum Gasteiger partial charge on any atom is -0.492 e. The van der Waals surface area contributed by atoms with E-state index in [0.717, 1.165) is 56.6 Å². The highest BCUT2D eigenvalue weighted by Gasteiger charge is 2.20. The normalized spacial score (nSPS) is 14.6. The standard InChI is InChI=1S/C21H30N6O3.HI/c1-3-22-21(27-11-9-26(10-12-27)16-19-7-13-30-25-19)23-8-14-29-20-6-4-5-18(15-20)24-17(2)28;/h4-7,13,15H,3,8-12,14,16H2,1-2H3,(H,22,23)(H,24,28);1H. The van der Waals surface area contributed by atoms with Crippen molar-refractivity contribution in [2.24, 2.45) is 4.99 Å². The highest BCUT2D eigenvalue weighted by Crippen LogP contribution is 2.17. The lowest BCUT2D eigenvalue weighted by Crippen LogP contribution is -2.52. The summed E-state index contributed by atoms with van der Waals surface area (Å²) in [6.45, 7) is 9.90. The second kappa shape index (κ2) is 13.2. The fourth-order valence-corrected chi connectivity index (χ4v) is 3.27. The van der Waals surface area contributed by atoms with Crippen LogP contribution in [0, 0.1) is 0 Å². The number of hydrogen-bond acceptors (Lipinski definition) is 6. The third kappa shape index (κ3) is 8.37. The molecule has 9 nitrogen and oxygen atoms in total. The number of aromatic nitrogens is 1. The first-order valence-corrected chi connectivity index (χ1v) is 10.3. The molecule has 0 radical (unpaired) electrons. The van der Waals surface area contributed by atoms with Crippen LogP contribution in [-0.4, -0.2) is 72.7 Å². The fourth-order valence-electron chi connectivity index (χ4n) is 3.27. The molecule has 1 aliphatic heterocycles. The molecule has 0 bridgehead atoms. The van der Waals surface area contributed by atoms with Crippen molar-refractivity contribution >= 4 is 41.5 Å². The average Bonchev–Trinajstić information content (AvgIpc) is 3.24. The summed E-state index contributed by atoms with van der Waals surface area (Å²) >= 11 is 0. The van der Waals surface area contributed by atoms with Gasteiger partial charge in [-0.2, -0.15) is 0 Å². The number of guanidine groups is 1. The summed E-state index contributed by atoms with van der Waals surface area (Å²) in [6, 6.07) is 9.27. The van der Waals surface area contributed by atoms with Gasteiger partial charge in [-0.3, -0.25) is 9.69 Å². The van der Waals surface area contributed by atoms with Crippen LogP contribution in [-0.2, 0) is 11.3 Å². The van der Waals surface area contributed by atoms with E-state index in [1.54, 1.807) is 6.26 Å². The highest BCUT2D eigenvalue weighted by molar-refractivity contribution is 14.0. The molecule has 1 fully saturated rings. The van der Waals surface area contributed by atoms with Crippen LogP contribution in [0.25, 0.3) is 0 Å². The second-order valence-electron chi connectivity index (χ2n) is 7.05. The highest BCUT2D eigenvalue weighted by atomic mass is 127. The molecule has 2 aromatic rings. The Bertz CT molecular complexity index is 822. The zero-order valence-corrected chi connectivity index (χ0v) is 20.4. The molecule has 0 spiro atoms. The number of anilines is 1. The number of nitrogens with zero attached hydrogens (tertiary/aromatic N) is 4. The summed E-state index contributed by atoms with van der Waals surface area (Å²) in [5.41, 5.74) is 1.68. The van der Waals surface area contributed by atoms with Crippen molar-refractivity contribution in [3.8, 4) is 5.75 Å². The molecule has 1 amide bonds. The summed E-state index contributed by atoms with van der Waals surface area (Å²) in [6.07, 6.45) is 1.61. The molecule has 0 unspecified atom stereocenters. The van der Waals surface area contributed by atoms with Gasteiger partial charge in [-0.05, 0) is 19.1 Å². The maximum atomic E-state index is 11.2. The summed E-state index contributed by atoms with van der Waals surface area (Å²) in [5.74, 6) is 1.52. The number of hydrogen-bond donors (Lipinski definition) is 2. The van der Waals surface area contributed by atoms with Gasteiger partial charge in [0.1, 0.15) is 18.6 Å². The van der Waals surface area contributed by atoms with E-state index < -0.39 is 0 Å². The molecular formula is C21H31IN6O3. The predicted molar refractivity (Wildman–Crippen MR) is 131 cm³/mol. The van der Waals surface area contributed by atoms with Crippen LogP contribution in [0.4, 0.5) is 5.69 Å². The van der Waals surface area contributed by atoms with Gasteiger partial charge >= 0.3 is 0 Å². The van der Waals surface area contributed by atoms with E-state index in [2.05, 4.69) is 32.5 Å². The number of nitrogens with one attached hydrogen (secondary N) is 2. The van der Waals surface area contributed by atoms with Crippen molar-refractivity contribution in [1.82, 2.24) is 20.3 Å². The van der Waals surface area contributed by atoms with E-state index in [4.69, 9.17) is 14.3 Å². The van der Waals surface area contributed by atoms with Gasteiger partial charge in [-0.1, -0.05) is 11.2 Å². The lowest BCUT2D eigenvalue weighted by molar-refractivity contribution is -0.114.